The summed E-state index contributed by atoms with van der Waals surface area (Å²) < 4.78 is 0. The number of nitrogens with one attached hydrogen (secondary N) is 1. The van der Waals surface area contributed by atoms with Crippen LogP contribution < -0.4 is 5.32 Å². The Morgan fingerprint density at radius 1 is 1.26 bits per heavy atom. The Labute approximate surface area is 138 Å². The number of allylic oxidation sites excluding steroid dienone is 2. The van der Waals surface area contributed by atoms with Crippen LogP contribution in [0.15, 0.2) is 48.8 Å². The molecule has 0 unspecified atom stereocenters. The highest BCUT2D eigenvalue weighted by atomic mass is 35.5. The monoisotopic (exact) mass is 327 g/mol. The molecule has 116 valence electrons. The van der Waals surface area contributed by atoms with Gasteiger partial charge in [0.2, 0.25) is 0 Å². The van der Waals surface area contributed by atoms with E-state index in [1.165, 1.54) is 6.07 Å². The molecule has 5 nitrogen and oxygen atoms in total. The number of benzene rings is 1. The molecule has 4 rings (SSSR count). The predicted octanol–water partition coefficient (Wildman–Crippen LogP) is 4.47. The van der Waals surface area contributed by atoms with E-state index in [9.17, 15) is 10.1 Å². The van der Waals surface area contributed by atoms with E-state index >= 15 is 0 Å². The quantitative estimate of drug-likeness (QED) is 0.502. The van der Waals surface area contributed by atoms with Gasteiger partial charge in [0.1, 0.15) is 0 Å². The van der Waals surface area contributed by atoms with Crippen molar-refractivity contribution in [2.24, 2.45) is 5.92 Å². The van der Waals surface area contributed by atoms with Crippen molar-refractivity contribution in [3.63, 3.8) is 0 Å². The fourth-order valence-electron chi connectivity index (χ4n) is 3.71. The molecule has 1 aliphatic heterocycles. The maximum Gasteiger partial charge on any atom is 0.275 e. The highest BCUT2D eigenvalue weighted by molar-refractivity contribution is 6.33. The van der Waals surface area contributed by atoms with E-state index < -0.39 is 0 Å². The highest BCUT2D eigenvalue weighted by Crippen LogP contribution is 2.54. The van der Waals surface area contributed by atoms with Gasteiger partial charge in [0.25, 0.3) is 5.69 Å². The Kier molecular flexibility index (Phi) is 3.31. The molecule has 2 aliphatic rings. The molecule has 0 fully saturated rings. The van der Waals surface area contributed by atoms with E-state index in [-0.39, 0.29) is 28.5 Å². The minimum absolute atomic E-state index is 0.00325. The molecule has 0 radical (unpaired) electrons. The number of halogens is 1. The van der Waals surface area contributed by atoms with Gasteiger partial charge in [-0.25, -0.2) is 0 Å². The zero-order chi connectivity index (χ0) is 16.0. The molecule has 2 aromatic rings. The molecule has 1 aromatic carbocycles. The van der Waals surface area contributed by atoms with Gasteiger partial charge in [-0.05, 0) is 36.1 Å². The molecular weight excluding hydrogens is 314 g/mol. The maximum absolute atomic E-state index is 11.4. The number of rotatable bonds is 2. The van der Waals surface area contributed by atoms with Crippen LogP contribution in [0.5, 0.6) is 0 Å². The third-order valence-electron chi connectivity index (χ3n) is 4.71. The number of nitro groups is 1. The van der Waals surface area contributed by atoms with Gasteiger partial charge in [-0.2, -0.15) is 0 Å². The molecule has 0 amide bonds. The summed E-state index contributed by atoms with van der Waals surface area (Å²) in [5.41, 5.74) is 2.63. The predicted molar refractivity (Wildman–Crippen MR) is 88.7 cm³/mol. The minimum atomic E-state index is -0.327. The van der Waals surface area contributed by atoms with Crippen LogP contribution in [0.4, 0.5) is 11.4 Å². The lowest BCUT2D eigenvalue weighted by molar-refractivity contribution is -0.385. The summed E-state index contributed by atoms with van der Waals surface area (Å²) in [4.78, 5) is 15.2. The number of pyridine rings is 1. The summed E-state index contributed by atoms with van der Waals surface area (Å²) in [5.74, 6) is 0.241. The van der Waals surface area contributed by atoms with E-state index in [1.54, 1.807) is 18.5 Å². The first-order valence-electron chi connectivity index (χ1n) is 7.46. The topological polar surface area (TPSA) is 68.1 Å². The average molecular weight is 328 g/mol. The first-order valence-corrected chi connectivity index (χ1v) is 7.84. The number of nitro benzene ring substituents is 1. The molecule has 23 heavy (non-hydrogen) atoms. The van der Waals surface area contributed by atoms with E-state index in [2.05, 4.69) is 22.5 Å². The first-order chi connectivity index (χ1) is 11.2. The van der Waals surface area contributed by atoms with Gasteiger partial charge in [-0.15, -0.1) is 0 Å². The van der Waals surface area contributed by atoms with Crippen LogP contribution in [0.2, 0.25) is 5.02 Å². The van der Waals surface area contributed by atoms with Crippen LogP contribution in [0.3, 0.4) is 0 Å². The highest BCUT2D eigenvalue weighted by Gasteiger charge is 2.42. The Morgan fingerprint density at radius 2 is 2.04 bits per heavy atom. The summed E-state index contributed by atoms with van der Waals surface area (Å²) in [5, 5.41) is 15.4. The second kappa shape index (κ2) is 5.35. The van der Waals surface area contributed by atoms with Crippen molar-refractivity contribution in [2.45, 2.75) is 18.4 Å². The van der Waals surface area contributed by atoms with Crippen molar-refractivity contribution in [1.29, 1.82) is 0 Å². The van der Waals surface area contributed by atoms with Gasteiger partial charge in [0.15, 0.2) is 0 Å². The molecule has 6 heteroatoms. The Balaban J connectivity index is 1.89. The molecule has 0 saturated heterocycles. The molecule has 0 bridgehead atoms. The van der Waals surface area contributed by atoms with Crippen LogP contribution in [0.25, 0.3) is 0 Å². The van der Waals surface area contributed by atoms with Gasteiger partial charge in [0.05, 0.1) is 27.2 Å². The number of hydrogen-bond donors (Lipinski definition) is 1. The smallest absolute Gasteiger partial charge is 0.275 e. The molecule has 0 spiro atoms. The maximum atomic E-state index is 11.4. The van der Waals surface area contributed by atoms with Crippen molar-refractivity contribution < 1.29 is 4.92 Å². The minimum Gasteiger partial charge on any atom is -0.376 e. The van der Waals surface area contributed by atoms with Gasteiger partial charge in [0, 0.05) is 24.4 Å². The van der Waals surface area contributed by atoms with Crippen molar-refractivity contribution in [2.75, 3.05) is 5.32 Å². The number of aromatic nitrogens is 1. The number of anilines is 1. The van der Waals surface area contributed by atoms with E-state index in [1.807, 2.05) is 12.1 Å². The third kappa shape index (κ3) is 2.19. The first kappa shape index (κ1) is 14.2. The molecule has 1 N–H and O–H groups in total. The van der Waals surface area contributed by atoms with Crippen molar-refractivity contribution in [3.8, 4) is 0 Å². The Hall–Kier alpha value is -2.40. The molecule has 0 saturated carbocycles. The largest absolute Gasteiger partial charge is 0.376 e. The van der Waals surface area contributed by atoms with Crippen molar-refractivity contribution >= 4 is 23.0 Å². The molecule has 1 aromatic heterocycles. The van der Waals surface area contributed by atoms with E-state index in [0.29, 0.717) is 16.3 Å². The Bertz CT molecular complexity index is 807. The fourth-order valence-corrected chi connectivity index (χ4v) is 3.93. The summed E-state index contributed by atoms with van der Waals surface area (Å²) >= 11 is 6.34. The zero-order valence-electron chi connectivity index (χ0n) is 12.1. The molecule has 2 heterocycles. The Morgan fingerprint density at radius 3 is 2.78 bits per heavy atom. The summed E-state index contributed by atoms with van der Waals surface area (Å²) in [6.45, 7) is 0. The lowest BCUT2D eigenvalue weighted by atomic mass is 9.76. The number of nitrogens with zero attached hydrogens (tertiary/aromatic N) is 2. The van der Waals surface area contributed by atoms with Gasteiger partial charge in [-0.3, -0.25) is 15.1 Å². The number of hydrogen-bond acceptors (Lipinski definition) is 4. The van der Waals surface area contributed by atoms with Crippen LogP contribution in [0, 0.1) is 16.0 Å². The second-order valence-electron chi connectivity index (χ2n) is 5.87. The molecular formula is C17H14ClN3O2. The average Bonchev–Trinajstić information content (AvgIpc) is 3.05. The summed E-state index contributed by atoms with van der Waals surface area (Å²) in [6, 6.07) is 7.10. The van der Waals surface area contributed by atoms with Gasteiger partial charge >= 0.3 is 0 Å². The molecule has 3 atom stereocenters. The van der Waals surface area contributed by atoms with Crippen LogP contribution in [0.1, 0.15) is 29.5 Å². The summed E-state index contributed by atoms with van der Waals surface area (Å²) in [7, 11) is 0. The van der Waals surface area contributed by atoms with Crippen LogP contribution in [-0.2, 0) is 0 Å². The van der Waals surface area contributed by atoms with E-state index in [4.69, 9.17) is 11.6 Å². The van der Waals surface area contributed by atoms with Gasteiger partial charge < -0.3 is 5.32 Å². The second-order valence-corrected chi connectivity index (χ2v) is 6.28. The lowest BCUT2D eigenvalue weighted by Gasteiger charge is -2.37. The van der Waals surface area contributed by atoms with Crippen molar-refractivity contribution in [1.82, 2.24) is 4.98 Å². The SMILES string of the molecule is O=[N+]([O-])c1ccc(Cl)c2c1[C@@H]1C=CC[C@@H]1[C@H](c1ccncc1)N2. The number of fused-ring (bicyclic) bond motifs is 3. The van der Waals surface area contributed by atoms with Crippen LogP contribution >= 0.6 is 11.6 Å². The standard InChI is InChI=1S/C17H14ClN3O2/c18-13-4-5-14(21(22)23)15-11-2-1-3-12(11)16(20-17(13)15)10-6-8-19-9-7-10/h1-2,4-9,11-12,16,20H,3H2/t11-,12+,16+/m1/s1. The van der Waals surface area contributed by atoms with Crippen LogP contribution in [-0.4, -0.2) is 9.91 Å². The third-order valence-corrected chi connectivity index (χ3v) is 5.02. The zero-order valence-corrected chi connectivity index (χ0v) is 12.9. The fraction of sp³-hybridized carbons (Fsp3) is 0.235. The molecule has 1 aliphatic carbocycles. The normalized spacial score (nSPS) is 24.7. The van der Waals surface area contributed by atoms with Crippen molar-refractivity contribution in [3.05, 3.63) is 75.1 Å². The summed E-state index contributed by atoms with van der Waals surface area (Å²) in [6.07, 6.45) is 8.58. The van der Waals surface area contributed by atoms with Gasteiger partial charge in [-0.1, -0.05) is 23.8 Å². The lowest BCUT2D eigenvalue weighted by Crippen LogP contribution is -2.29. The van der Waals surface area contributed by atoms with E-state index in [0.717, 1.165) is 12.0 Å².